The summed E-state index contributed by atoms with van der Waals surface area (Å²) in [5.41, 5.74) is 1.75. The van der Waals surface area contributed by atoms with E-state index < -0.39 is 6.23 Å². The highest BCUT2D eigenvalue weighted by Gasteiger charge is 2.08. The summed E-state index contributed by atoms with van der Waals surface area (Å²) in [5, 5.41) is 12.0. The SMILES string of the molecule is OC1C=Nc2ccccc2N1. The lowest BCUT2D eigenvalue weighted by atomic mass is 10.2. The van der Waals surface area contributed by atoms with E-state index in [1.165, 1.54) is 6.21 Å². The van der Waals surface area contributed by atoms with Crippen molar-refractivity contribution in [1.29, 1.82) is 0 Å². The molecule has 3 nitrogen and oxygen atoms in total. The molecule has 0 radical (unpaired) electrons. The van der Waals surface area contributed by atoms with Crippen molar-refractivity contribution < 1.29 is 5.11 Å². The molecule has 1 aliphatic heterocycles. The third-order valence-corrected chi connectivity index (χ3v) is 1.56. The van der Waals surface area contributed by atoms with Crippen molar-refractivity contribution in [3.63, 3.8) is 0 Å². The third kappa shape index (κ3) is 1.10. The number of nitrogens with zero attached hydrogens (tertiary/aromatic N) is 1. The first-order valence-electron chi connectivity index (χ1n) is 3.44. The molecular weight excluding hydrogens is 140 g/mol. The number of aliphatic imine (C=N–C) groups is 1. The van der Waals surface area contributed by atoms with E-state index in [0.29, 0.717) is 0 Å². The molecule has 0 amide bonds. The summed E-state index contributed by atoms with van der Waals surface area (Å²) in [6, 6.07) is 7.59. The second-order valence-corrected chi connectivity index (χ2v) is 2.38. The second kappa shape index (κ2) is 2.36. The molecule has 2 rings (SSSR count). The Bertz CT molecular complexity index is 296. The standard InChI is InChI=1S/C8H8N2O/c11-8-5-9-6-3-1-2-4-7(6)10-8/h1-5,8,10-11H. The highest BCUT2D eigenvalue weighted by atomic mass is 16.3. The van der Waals surface area contributed by atoms with Gasteiger partial charge in [0.05, 0.1) is 17.6 Å². The van der Waals surface area contributed by atoms with Crippen LogP contribution in [0.2, 0.25) is 0 Å². The van der Waals surface area contributed by atoms with Gasteiger partial charge in [0.15, 0.2) is 6.23 Å². The molecule has 56 valence electrons. The lowest BCUT2D eigenvalue weighted by Crippen LogP contribution is -2.22. The smallest absolute Gasteiger partial charge is 0.161 e. The van der Waals surface area contributed by atoms with Crippen molar-refractivity contribution in [2.24, 2.45) is 4.99 Å². The Balaban J connectivity index is 2.46. The van der Waals surface area contributed by atoms with Crippen LogP contribution in [0.15, 0.2) is 29.3 Å². The first-order chi connectivity index (χ1) is 5.36. The van der Waals surface area contributed by atoms with E-state index in [2.05, 4.69) is 10.3 Å². The number of para-hydroxylation sites is 2. The number of aliphatic hydroxyl groups is 1. The fraction of sp³-hybridized carbons (Fsp3) is 0.125. The van der Waals surface area contributed by atoms with Crippen molar-refractivity contribution in [2.75, 3.05) is 5.32 Å². The molecule has 1 unspecified atom stereocenters. The van der Waals surface area contributed by atoms with Crippen LogP contribution in [0.1, 0.15) is 0 Å². The monoisotopic (exact) mass is 148 g/mol. The van der Waals surface area contributed by atoms with Gasteiger partial charge >= 0.3 is 0 Å². The lowest BCUT2D eigenvalue weighted by Gasteiger charge is -2.15. The highest BCUT2D eigenvalue weighted by molar-refractivity contribution is 5.81. The summed E-state index contributed by atoms with van der Waals surface area (Å²) < 4.78 is 0. The first-order valence-corrected chi connectivity index (χ1v) is 3.44. The van der Waals surface area contributed by atoms with Gasteiger partial charge in [-0.1, -0.05) is 12.1 Å². The van der Waals surface area contributed by atoms with Crippen LogP contribution in [-0.2, 0) is 0 Å². The molecule has 1 aliphatic rings. The van der Waals surface area contributed by atoms with Gasteiger partial charge in [0, 0.05) is 0 Å². The Hall–Kier alpha value is -1.35. The zero-order valence-corrected chi connectivity index (χ0v) is 5.86. The minimum absolute atomic E-state index is 0.648. The molecule has 1 heterocycles. The number of aliphatic hydroxyl groups excluding tert-OH is 1. The van der Waals surface area contributed by atoms with Crippen LogP contribution < -0.4 is 5.32 Å². The van der Waals surface area contributed by atoms with Crippen LogP contribution in [0.4, 0.5) is 11.4 Å². The normalized spacial score (nSPS) is 20.6. The minimum Gasteiger partial charge on any atom is -0.369 e. The Labute approximate surface area is 64.4 Å². The number of nitrogens with one attached hydrogen (secondary N) is 1. The van der Waals surface area contributed by atoms with E-state index in [4.69, 9.17) is 5.11 Å². The summed E-state index contributed by atoms with van der Waals surface area (Å²) in [6.45, 7) is 0. The maximum absolute atomic E-state index is 9.10. The third-order valence-electron chi connectivity index (χ3n) is 1.56. The lowest BCUT2D eigenvalue weighted by molar-refractivity contribution is 0.274. The number of benzene rings is 1. The van der Waals surface area contributed by atoms with Gasteiger partial charge in [-0.3, -0.25) is 4.99 Å². The van der Waals surface area contributed by atoms with Crippen LogP contribution in [-0.4, -0.2) is 17.5 Å². The molecule has 1 aromatic rings. The average Bonchev–Trinajstić information content (AvgIpc) is 2.04. The summed E-state index contributed by atoms with van der Waals surface area (Å²) >= 11 is 0. The molecule has 2 N–H and O–H groups in total. The van der Waals surface area contributed by atoms with Crippen LogP contribution in [0, 0.1) is 0 Å². The van der Waals surface area contributed by atoms with Crippen molar-refractivity contribution >= 4 is 17.6 Å². The quantitative estimate of drug-likeness (QED) is 0.579. The molecule has 1 atom stereocenters. The first kappa shape index (κ1) is 6.37. The van der Waals surface area contributed by atoms with Gasteiger partial charge in [0.1, 0.15) is 0 Å². The molecule has 0 bridgehead atoms. The van der Waals surface area contributed by atoms with Gasteiger partial charge in [0.2, 0.25) is 0 Å². The molecular formula is C8H8N2O. The van der Waals surface area contributed by atoms with Crippen LogP contribution in [0.5, 0.6) is 0 Å². The summed E-state index contributed by atoms with van der Waals surface area (Å²) in [4.78, 5) is 4.04. The highest BCUT2D eigenvalue weighted by Crippen LogP contribution is 2.26. The molecule has 0 aliphatic carbocycles. The maximum atomic E-state index is 9.10. The Morgan fingerprint density at radius 3 is 3.09 bits per heavy atom. The zero-order valence-electron chi connectivity index (χ0n) is 5.86. The number of fused-ring (bicyclic) bond motifs is 1. The molecule has 11 heavy (non-hydrogen) atoms. The second-order valence-electron chi connectivity index (χ2n) is 2.38. The van der Waals surface area contributed by atoms with E-state index in [-0.39, 0.29) is 0 Å². The maximum Gasteiger partial charge on any atom is 0.161 e. The summed E-state index contributed by atoms with van der Waals surface area (Å²) in [6.07, 6.45) is 0.826. The van der Waals surface area contributed by atoms with E-state index in [9.17, 15) is 0 Å². The molecule has 0 saturated heterocycles. The number of hydrogen-bond acceptors (Lipinski definition) is 3. The predicted octanol–water partition coefficient (Wildman–Crippen LogP) is 1.13. The van der Waals surface area contributed by atoms with Gasteiger partial charge in [-0.05, 0) is 12.1 Å². The predicted molar refractivity (Wildman–Crippen MR) is 44.2 cm³/mol. The van der Waals surface area contributed by atoms with Gasteiger partial charge in [-0.15, -0.1) is 0 Å². The topological polar surface area (TPSA) is 44.6 Å². The summed E-state index contributed by atoms with van der Waals surface area (Å²) in [7, 11) is 0. The molecule has 1 aromatic carbocycles. The van der Waals surface area contributed by atoms with E-state index in [1.54, 1.807) is 0 Å². The molecule has 0 fully saturated rings. The Kier molecular flexibility index (Phi) is 1.36. The zero-order chi connectivity index (χ0) is 7.68. The number of rotatable bonds is 0. The molecule has 0 saturated carbocycles. The van der Waals surface area contributed by atoms with Gasteiger partial charge in [-0.25, -0.2) is 0 Å². The van der Waals surface area contributed by atoms with Crippen molar-refractivity contribution in [3.8, 4) is 0 Å². The van der Waals surface area contributed by atoms with E-state index in [1.807, 2.05) is 24.3 Å². The largest absolute Gasteiger partial charge is 0.369 e. The fourth-order valence-electron chi connectivity index (χ4n) is 1.06. The summed E-state index contributed by atoms with van der Waals surface area (Å²) in [5.74, 6) is 0. The molecule has 0 spiro atoms. The number of anilines is 1. The Morgan fingerprint density at radius 1 is 1.36 bits per heavy atom. The van der Waals surface area contributed by atoms with Crippen molar-refractivity contribution in [2.45, 2.75) is 6.23 Å². The van der Waals surface area contributed by atoms with Crippen LogP contribution in [0.3, 0.4) is 0 Å². The fourth-order valence-corrected chi connectivity index (χ4v) is 1.06. The van der Waals surface area contributed by atoms with Gasteiger partial charge in [0.25, 0.3) is 0 Å². The van der Waals surface area contributed by atoms with Crippen molar-refractivity contribution in [1.82, 2.24) is 0 Å². The van der Waals surface area contributed by atoms with Gasteiger partial charge in [-0.2, -0.15) is 0 Å². The average molecular weight is 148 g/mol. The minimum atomic E-state index is -0.648. The van der Waals surface area contributed by atoms with E-state index >= 15 is 0 Å². The molecule has 0 aromatic heterocycles. The van der Waals surface area contributed by atoms with E-state index in [0.717, 1.165) is 11.4 Å². The van der Waals surface area contributed by atoms with Gasteiger partial charge < -0.3 is 10.4 Å². The van der Waals surface area contributed by atoms with Crippen LogP contribution in [0.25, 0.3) is 0 Å². The van der Waals surface area contributed by atoms with Crippen LogP contribution >= 0.6 is 0 Å². The number of hydrogen-bond donors (Lipinski definition) is 2. The molecule has 3 heteroatoms. The Morgan fingerprint density at radius 2 is 2.18 bits per heavy atom. The van der Waals surface area contributed by atoms with Crippen molar-refractivity contribution in [3.05, 3.63) is 24.3 Å².